The van der Waals surface area contributed by atoms with Crippen LogP contribution in [0.5, 0.6) is 5.75 Å². The van der Waals surface area contributed by atoms with Gasteiger partial charge in [-0.05, 0) is 40.5 Å². The molecule has 1 fully saturated rings. The van der Waals surface area contributed by atoms with Crippen LogP contribution in [0.4, 0.5) is 5.69 Å². The lowest BCUT2D eigenvalue weighted by Crippen LogP contribution is -2.36. The summed E-state index contributed by atoms with van der Waals surface area (Å²) >= 11 is 0. The average Bonchev–Trinajstić information content (AvgIpc) is 3.35. The van der Waals surface area contributed by atoms with Gasteiger partial charge in [0.25, 0.3) is 0 Å². The van der Waals surface area contributed by atoms with Gasteiger partial charge in [0, 0.05) is 38.9 Å². The molecule has 6 nitrogen and oxygen atoms in total. The summed E-state index contributed by atoms with van der Waals surface area (Å²) in [5, 5.41) is 5.79. The van der Waals surface area contributed by atoms with E-state index < -0.39 is 0 Å². The Kier molecular flexibility index (Phi) is 8.03. The van der Waals surface area contributed by atoms with E-state index in [2.05, 4.69) is 69.3 Å². The van der Waals surface area contributed by atoms with Crippen LogP contribution in [0.3, 0.4) is 0 Å². The quantitative estimate of drug-likeness (QED) is 0.460. The van der Waals surface area contributed by atoms with Crippen LogP contribution in [0, 0.1) is 0 Å². The van der Waals surface area contributed by atoms with Crippen molar-refractivity contribution in [2.45, 2.75) is 19.1 Å². The summed E-state index contributed by atoms with van der Waals surface area (Å²) in [6, 6.07) is 25.1. The Balaban J connectivity index is 1.30. The molecule has 0 spiro atoms. The molecule has 0 aromatic heterocycles. The number of morpholine rings is 1. The number of hydrogen-bond acceptors (Lipinski definition) is 6. The molecule has 36 heavy (non-hydrogen) atoms. The van der Waals surface area contributed by atoms with Crippen molar-refractivity contribution in [1.29, 1.82) is 0 Å². The topological polar surface area (TPSA) is 49.0 Å². The smallest absolute Gasteiger partial charge is 0.119 e. The van der Waals surface area contributed by atoms with Crippen molar-refractivity contribution in [2.75, 3.05) is 45.0 Å². The summed E-state index contributed by atoms with van der Waals surface area (Å²) in [5.74, 6) is 0.692. The molecule has 2 radical (unpaired) electrons. The molecule has 0 saturated carbocycles. The molecule has 2 N–H and O–H groups in total. The summed E-state index contributed by atoms with van der Waals surface area (Å²) in [6.07, 6.45) is 2.19. The van der Waals surface area contributed by atoms with E-state index in [0.717, 1.165) is 57.2 Å². The van der Waals surface area contributed by atoms with E-state index in [1.165, 1.54) is 16.7 Å². The summed E-state index contributed by atoms with van der Waals surface area (Å²) in [6.45, 7) is 6.12. The summed E-state index contributed by atoms with van der Waals surface area (Å²) in [4.78, 5) is 2.47. The number of hydrazine groups is 1. The van der Waals surface area contributed by atoms with Gasteiger partial charge in [-0.1, -0.05) is 60.1 Å². The van der Waals surface area contributed by atoms with Crippen LogP contribution in [0.25, 0.3) is 0 Å². The van der Waals surface area contributed by atoms with Crippen molar-refractivity contribution >= 4 is 19.0 Å². The Morgan fingerprint density at radius 2 is 1.72 bits per heavy atom. The predicted molar refractivity (Wildman–Crippen MR) is 146 cm³/mol. The van der Waals surface area contributed by atoms with Gasteiger partial charge in [0.2, 0.25) is 0 Å². The SMILES string of the molecule is [B]c1cc(C2NN(c3ccccc3)C=C2CNCc2ccccc2CN2CCOCC2)ccc1OC. The lowest BCUT2D eigenvalue weighted by atomic mass is 9.90. The number of benzene rings is 3. The molecule has 1 saturated heterocycles. The molecule has 3 aromatic carbocycles. The molecular formula is C29H33BN4O2. The lowest BCUT2D eigenvalue weighted by molar-refractivity contribution is 0.0340. The standard InChI is InChI=1S/C29H33BN4O2/c1-35-28-12-11-22(17-27(28)30)29-25(21-34(32-29)26-9-3-2-4-10-26)19-31-18-23-7-5-6-8-24(23)20-33-13-15-36-16-14-33/h2-12,17,21,29,31-32H,13-16,18-20H2,1H3. The third-order valence-electron chi connectivity index (χ3n) is 6.82. The number of hydrogen-bond donors (Lipinski definition) is 2. The Morgan fingerprint density at radius 1 is 0.972 bits per heavy atom. The van der Waals surface area contributed by atoms with E-state index in [-0.39, 0.29) is 6.04 Å². The van der Waals surface area contributed by atoms with E-state index >= 15 is 0 Å². The highest BCUT2D eigenvalue weighted by Gasteiger charge is 2.26. The number of anilines is 1. The lowest BCUT2D eigenvalue weighted by Gasteiger charge is -2.27. The molecule has 2 aliphatic rings. The maximum atomic E-state index is 6.25. The van der Waals surface area contributed by atoms with Crippen LogP contribution in [0.15, 0.2) is 84.6 Å². The van der Waals surface area contributed by atoms with Gasteiger partial charge in [-0.25, -0.2) is 5.43 Å². The highest BCUT2D eigenvalue weighted by Crippen LogP contribution is 2.30. The van der Waals surface area contributed by atoms with Gasteiger partial charge in [0.1, 0.15) is 13.6 Å². The second-order valence-corrected chi connectivity index (χ2v) is 9.23. The second kappa shape index (κ2) is 11.8. The molecular weight excluding hydrogens is 447 g/mol. The maximum Gasteiger partial charge on any atom is 0.119 e. The zero-order valence-corrected chi connectivity index (χ0v) is 20.8. The monoisotopic (exact) mass is 480 g/mol. The predicted octanol–water partition coefficient (Wildman–Crippen LogP) is 3.06. The average molecular weight is 480 g/mol. The number of rotatable bonds is 9. The van der Waals surface area contributed by atoms with Gasteiger partial charge in [0.15, 0.2) is 0 Å². The van der Waals surface area contributed by atoms with Crippen molar-refractivity contribution in [3.63, 3.8) is 0 Å². The van der Waals surface area contributed by atoms with Crippen LogP contribution in [-0.4, -0.2) is 52.7 Å². The zero-order valence-electron chi connectivity index (χ0n) is 20.8. The van der Waals surface area contributed by atoms with Crippen LogP contribution in [-0.2, 0) is 17.8 Å². The van der Waals surface area contributed by atoms with Crippen molar-refractivity contribution < 1.29 is 9.47 Å². The van der Waals surface area contributed by atoms with Crippen LogP contribution >= 0.6 is 0 Å². The molecule has 2 aliphatic heterocycles. The third kappa shape index (κ3) is 5.82. The Labute approximate surface area is 215 Å². The fourth-order valence-corrected chi connectivity index (χ4v) is 4.83. The maximum absolute atomic E-state index is 6.25. The molecule has 184 valence electrons. The summed E-state index contributed by atoms with van der Waals surface area (Å²) in [7, 11) is 7.89. The number of nitrogens with one attached hydrogen (secondary N) is 2. The Morgan fingerprint density at radius 3 is 2.47 bits per heavy atom. The minimum Gasteiger partial charge on any atom is -0.497 e. The summed E-state index contributed by atoms with van der Waals surface area (Å²) < 4.78 is 10.9. The van der Waals surface area contributed by atoms with Crippen molar-refractivity contribution in [3.8, 4) is 5.75 Å². The van der Waals surface area contributed by atoms with Crippen molar-refractivity contribution in [1.82, 2.24) is 15.6 Å². The van der Waals surface area contributed by atoms with Gasteiger partial charge >= 0.3 is 0 Å². The molecule has 1 unspecified atom stereocenters. The van der Waals surface area contributed by atoms with Gasteiger partial charge in [-0.3, -0.25) is 9.91 Å². The minimum atomic E-state index is 0.00880. The molecule has 0 bridgehead atoms. The first-order chi connectivity index (χ1) is 17.7. The van der Waals surface area contributed by atoms with E-state index in [0.29, 0.717) is 11.2 Å². The second-order valence-electron chi connectivity index (χ2n) is 9.23. The van der Waals surface area contributed by atoms with Gasteiger partial charge < -0.3 is 14.8 Å². The fraction of sp³-hybridized carbons (Fsp3) is 0.310. The molecule has 0 amide bonds. The van der Waals surface area contributed by atoms with E-state index in [4.69, 9.17) is 17.3 Å². The first kappa shape index (κ1) is 24.6. The van der Waals surface area contributed by atoms with Crippen LogP contribution in [0.1, 0.15) is 22.7 Å². The van der Waals surface area contributed by atoms with Crippen LogP contribution < -0.4 is 26.0 Å². The number of methoxy groups -OCH3 is 1. The number of ether oxygens (including phenoxy) is 2. The van der Waals surface area contributed by atoms with Crippen molar-refractivity contribution in [3.05, 3.63) is 101 Å². The third-order valence-corrected chi connectivity index (χ3v) is 6.82. The first-order valence-corrected chi connectivity index (χ1v) is 12.5. The van der Waals surface area contributed by atoms with E-state index in [9.17, 15) is 0 Å². The highest BCUT2D eigenvalue weighted by molar-refractivity contribution is 6.34. The van der Waals surface area contributed by atoms with E-state index in [1.54, 1.807) is 7.11 Å². The van der Waals surface area contributed by atoms with Gasteiger partial charge in [0.05, 0.1) is 32.1 Å². The molecule has 3 aromatic rings. The summed E-state index contributed by atoms with van der Waals surface area (Å²) in [5.41, 5.74) is 10.4. The highest BCUT2D eigenvalue weighted by atomic mass is 16.5. The molecule has 7 heteroatoms. The largest absolute Gasteiger partial charge is 0.497 e. The number of para-hydroxylation sites is 1. The molecule has 0 aliphatic carbocycles. The van der Waals surface area contributed by atoms with E-state index in [1.807, 2.05) is 30.3 Å². The minimum absolute atomic E-state index is 0.00880. The number of nitrogens with zero attached hydrogens (tertiary/aromatic N) is 2. The zero-order chi connectivity index (χ0) is 24.7. The molecule has 1 atom stereocenters. The Bertz CT molecular complexity index is 1180. The van der Waals surface area contributed by atoms with Gasteiger partial charge in [-0.2, -0.15) is 0 Å². The van der Waals surface area contributed by atoms with Gasteiger partial charge in [-0.15, -0.1) is 0 Å². The van der Waals surface area contributed by atoms with Crippen LogP contribution in [0.2, 0.25) is 0 Å². The fourth-order valence-electron chi connectivity index (χ4n) is 4.83. The normalized spacial score (nSPS) is 18.3. The molecule has 5 rings (SSSR count). The molecule has 2 heterocycles. The first-order valence-electron chi connectivity index (χ1n) is 12.5. The Hall–Kier alpha value is -3.10. The van der Waals surface area contributed by atoms with Crippen molar-refractivity contribution in [2.24, 2.45) is 0 Å².